The fraction of sp³-hybridized carbons (Fsp3) is 0.0476. The van der Waals surface area contributed by atoms with Crippen LogP contribution < -0.4 is 20.7 Å². The number of hydrogen-bond acceptors (Lipinski definition) is 3. The summed E-state index contributed by atoms with van der Waals surface area (Å²) in [6.45, 7) is 0. The summed E-state index contributed by atoms with van der Waals surface area (Å²) >= 11 is 0. The van der Waals surface area contributed by atoms with Crippen molar-refractivity contribution >= 4 is 29.0 Å². The maximum absolute atomic E-state index is 12.3. The van der Waals surface area contributed by atoms with E-state index in [-0.39, 0.29) is 11.9 Å². The van der Waals surface area contributed by atoms with Gasteiger partial charge in [0.2, 0.25) is 0 Å². The summed E-state index contributed by atoms with van der Waals surface area (Å²) in [6, 6.07) is 22.6. The number of methoxy groups -OCH3 is 1. The molecule has 136 valence electrons. The van der Waals surface area contributed by atoms with Gasteiger partial charge in [0, 0.05) is 22.6 Å². The topological polar surface area (TPSA) is 79.5 Å². The molecule has 0 saturated carbocycles. The lowest BCUT2D eigenvalue weighted by atomic mass is 10.2. The molecule has 0 saturated heterocycles. The van der Waals surface area contributed by atoms with E-state index in [0.29, 0.717) is 28.4 Å². The zero-order valence-corrected chi connectivity index (χ0v) is 14.7. The molecule has 0 aliphatic heterocycles. The molecule has 0 aliphatic rings. The van der Waals surface area contributed by atoms with Gasteiger partial charge in [0.05, 0.1) is 7.11 Å². The molecule has 6 heteroatoms. The first-order valence-electron chi connectivity index (χ1n) is 8.32. The lowest BCUT2D eigenvalue weighted by Gasteiger charge is -2.09. The molecule has 3 rings (SSSR count). The Balaban J connectivity index is 1.58. The third kappa shape index (κ3) is 5.09. The molecule has 27 heavy (non-hydrogen) atoms. The van der Waals surface area contributed by atoms with Crippen molar-refractivity contribution in [1.82, 2.24) is 0 Å². The summed E-state index contributed by atoms with van der Waals surface area (Å²) in [6.07, 6.45) is 0. The van der Waals surface area contributed by atoms with Crippen molar-refractivity contribution in [2.45, 2.75) is 0 Å². The highest BCUT2D eigenvalue weighted by atomic mass is 16.5. The van der Waals surface area contributed by atoms with Gasteiger partial charge in [-0.3, -0.25) is 4.79 Å². The first-order valence-corrected chi connectivity index (χ1v) is 8.32. The Labute approximate surface area is 157 Å². The van der Waals surface area contributed by atoms with E-state index in [1.54, 1.807) is 67.8 Å². The van der Waals surface area contributed by atoms with Crippen molar-refractivity contribution in [2.24, 2.45) is 0 Å². The van der Waals surface area contributed by atoms with Crippen LogP contribution in [0.3, 0.4) is 0 Å². The summed E-state index contributed by atoms with van der Waals surface area (Å²) in [5, 5.41) is 8.28. The lowest BCUT2D eigenvalue weighted by molar-refractivity contribution is 0.102. The number of rotatable bonds is 5. The number of hydrogen-bond donors (Lipinski definition) is 3. The maximum atomic E-state index is 12.3. The van der Waals surface area contributed by atoms with Gasteiger partial charge in [-0.25, -0.2) is 4.79 Å². The molecule has 3 aromatic rings. The number of benzene rings is 3. The van der Waals surface area contributed by atoms with Crippen LogP contribution in [0.25, 0.3) is 0 Å². The number of anilines is 3. The van der Waals surface area contributed by atoms with Crippen LogP contribution in [-0.4, -0.2) is 19.0 Å². The van der Waals surface area contributed by atoms with Crippen LogP contribution in [0, 0.1) is 0 Å². The van der Waals surface area contributed by atoms with E-state index in [0.717, 1.165) is 0 Å². The molecule has 3 N–H and O–H groups in total. The molecular weight excluding hydrogens is 342 g/mol. The number of ether oxygens (including phenoxy) is 1. The van der Waals surface area contributed by atoms with Gasteiger partial charge >= 0.3 is 6.03 Å². The van der Waals surface area contributed by atoms with Gasteiger partial charge in [0.1, 0.15) is 5.75 Å². The van der Waals surface area contributed by atoms with Gasteiger partial charge in [0.15, 0.2) is 0 Å². The number of para-hydroxylation sites is 1. The largest absolute Gasteiger partial charge is 0.497 e. The second-order valence-corrected chi connectivity index (χ2v) is 5.71. The van der Waals surface area contributed by atoms with Crippen LogP contribution >= 0.6 is 0 Å². The number of nitrogens with one attached hydrogen (secondary N) is 3. The molecule has 0 heterocycles. The molecule has 3 amide bonds. The molecule has 0 aliphatic carbocycles. The van der Waals surface area contributed by atoms with Gasteiger partial charge in [-0.05, 0) is 54.6 Å². The van der Waals surface area contributed by atoms with Crippen LogP contribution in [0.4, 0.5) is 21.9 Å². The number of amides is 3. The highest BCUT2D eigenvalue weighted by molar-refractivity contribution is 6.05. The predicted molar refractivity (Wildman–Crippen MR) is 106 cm³/mol. The van der Waals surface area contributed by atoms with Crippen LogP contribution in [0.15, 0.2) is 78.9 Å². The van der Waals surface area contributed by atoms with Crippen LogP contribution in [0.5, 0.6) is 5.75 Å². The van der Waals surface area contributed by atoms with Crippen molar-refractivity contribution in [3.8, 4) is 5.75 Å². The quantitative estimate of drug-likeness (QED) is 0.622. The number of carbonyl (C=O) groups excluding carboxylic acids is 2. The first kappa shape index (κ1) is 18.0. The second-order valence-electron chi connectivity index (χ2n) is 5.71. The minimum Gasteiger partial charge on any atom is -0.497 e. The Kier molecular flexibility index (Phi) is 5.69. The van der Waals surface area contributed by atoms with E-state index in [9.17, 15) is 9.59 Å². The SMILES string of the molecule is COc1cccc(C(=O)Nc2ccc(NC(=O)Nc3ccccc3)cc2)c1. The van der Waals surface area contributed by atoms with Crippen molar-refractivity contribution < 1.29 is 14.3 Å². The highest BCUT2D eigenvalue weighted by Gasteiger charge is 2.08. The van der Waals surface area contributed by atoms with Crippen molar-refractivity contribution in [3.05, 3.63) is 84.4 Å². The Morgan fingerprint density at radius 1 is 0.704 bits per heavy atom. The molecule has 0 atom stereocenters. The fourth-order valence-electron chi connectivity index (χ4n) is 2.42. The van der Waals surface area contributed by atoms with E-state index < -0.39 is 0 Å². The van der Waals surface area contributed by atoms with Gasteiger partial charge in [-0.15, -0.1) is 0 Å². The summed E-state index contributed by atoms with van der Waals surface area (Å²) in [7, 11) is 1.55. The van der Waals surface area contributed by atoms with E-state index >= 15 is 0 Å². The lowest BCUT2D eigenvalue weighted by Crippen LogP contribution is -2.19. The van der Waals surface area contributed by atoms with Crippen LogP contribution in [0.2, 0.25) is 0 Å². The first-order chi connectivity index (χ1) is 13.1. The van der Waals surface area contributed by atoms with Crippen molar-refractivity contribution in [2.75, 3.05) is 23.1 Å². The molecule has 0 aromatic heterocycles. The third-order valence-electron chi connectivity index (χ3n) is 3.76. The summed E-state index contributed by atoms with van der Waals surface area (Å²) in [5.74, 6) is 0.378. The standard InChI is InChI=1S/C21H19N3O3/c1-27-19-9-5-6-15(14-19)20(25)22-17-10-12-18(13-11-17)24-21(26)23-16-7-3-2-4-8-16/h2-14H,1H3,(H,22,25)(H2,23,24,26). The normalized spacial score (nSPS) is 9.96. The molecule has 0 spiro atoms. The third-order valence-corrected chi connectivity index (χ3v) is 3.76. The Morgan fingerprint density at radius 2 is 1.30 bits per heavy atom. The second kappa shape index (κ2) is 8.53. The number of urea groups is 1. The monoisotopic (exact) mass is 361 g/mol. The minimum absolute atomic E-state index is 0.239. The fourth-order valence-corrected chi connectivity index (χ4v) is 2.42. The van der Waals surface area contributed by atoms with Crippen LogP contribution in [0.1, 0.15) is 10.4 Å². The number of carbonyl (C=O) groups is 2. The summed E-state index contributed by atoms with van der Waals surface area (Å²) in [4.78, 5) is 24.3. The average Bonchev–Trinajstić information content (AvgIpc) is 2.70. The zero-order chi connectivity index (χ0) is 19.1. The Bertz CT molecular complexity index is 925. The van der Waals surface area contributed by atoms with Gasteiger partial charge < -0.3 is 20.7 Å². The molecule has 3 aromatic carbocycles. The molecule has 6 nitrogen and oxygen atoms in total. The Morgan fingerprint density at radius 3 is 1.93 bits per heavy atom. The smallest absolute Gasteiger partial charge is 0.323 e. The molecule has 0 fully saturated rings. The van der Waals surface area contributed by atoms with Gasteiger partial charge in [0.25, 0.3) is 5.91 Å². The Hall–Kier alpha value is -3.80. The van der Waals surface area contributed by atoms with Gasteiger partial charge in [-0.2, -0.15) is 0 Å². The molecule has 0 radical (unpaired) electrons. The van der Waals surface area contributed by atoms with Crippen molar-refractivity contribution in [3.63, 3.8) is 0 Å². The van der Waals surface area contributed by atoms with Crippen LogP contribution in [-0.2, 0) is 0 Å². The zero-order valence-electron chi connectivity index (χ0n) is 14.7. The van der Waals surface area contributed by atoms with Crippen molar-refractivity contribution in [1.29, 1.82) is 0 Å². The van der Waals surface area contributed by atoms with E-state index in [1.807, 2.05) is 18.2 Å². The molecule has 0 bridgehead atoms. The van der Waals surface area contributed by atoms with E-state index in [2.05, 4.69) is 16.0 Å². The highest BCUT2D eigenvalue weighted by Crippen LogP contribution is 2.17. The maximum Gasteiger partial charge on any atom is 0.323 e. The predicted octanol–water partition coefficient (Wildman–Crippen LogP) is 4.59. The summed E-state index contributed by atoms with van der Waals surface area (Å²) in [5.41, 5.74) is 2.44. The summed E-state index contributed by atoms with van der Waals surface area (Å²) < 4.78 is 5.12. The minimum atomic E-state index is -0.339. The average molecular weight is 361 g/mol. The van der Waals surface area contributed by atoms with Gasteiger partial charge in [-0.1, -0.05) is 24.3 Å². The van der Waals surface area contributed by atoms with E-state index in [1.165, 1.54) is 0 Å². The molecular formula is C21H19N3O3. The van der Waals surface area contributed by atoms with E-state index in [4.69, 9.17) is 4.74 Å². The molecule has 0 unspecified atom stereocenters.